The number of benzene rings is 3. The fourth-order valence-corrected chi connectivity index (χ4v) is 3.91. The van der Waals surface area contributed by atoms with Crippen LogP contribution in [0.25, 0.3) is 28.3 Å². The SMILES string of the molecule is Cc1oc(-c2ccc(Cl)cc2)cc1C(=O)Nc1cc(-c2ccc(Cl)cc2)nn1-c1ccc(F)cc1. The Kier molecular flexibility index (Phi) is 6.16. The second kappa shape index (κ2) is 9.41. The van der Waals surface area contributed by atoms with E-state index in [4.69, 9.17) is 27.6 Å². The Morgan fingerprint density at radius 2 is 1.49 bits per heavy atom. The molecular weight excluding hydrogens is 488 g/mol. The summed E-state index contributed by atoms with van der Waals surface area (Å²) in [4.78, 5) is 13.3. The summed E-state index contributed by atoms with van der Waals surface area (Å²) in [5.41, 5.74) is 3.21. The van der Waals surface area contributed by atoms with Crippen molar-refractivity contribution in [3.63, 3.8) is 0 Å². The first kappa shape index (κ1) is 22.9. The fraction of sp³-hybridized carbons (Fsp3) is 0.0370. The van der Waals surface area contributed by atoms with E-state index in [1.54, 1.807) is 60.1 Å². The molecule has 0 aliphatic rings. The van der Waals surface area contributed by atoms with Gasteiger partial charge in [-0.25, -0.2) is 9.07 Å². The number of carbonyl (C=O) groups is 1. The second-order valence-corrected chi connectivity index (χ2v) is 8.72. The molecule has 0 saturated heterocycles. The normalized spacial score (nSPS) is 11.0. The topological polar surface area (TPSA) is 60.1 Å². The molecule has 2 aromatic heterocycles. The average molecular weight is 506 g/mol. The van der Waals surface area contributed by atoms with Crippen molar-refractivity contribution >= 4 is 34.9 Å². The second-order valence-electron chi connectivity index (χ2n) is 7.85. The largest absolute Gasteiger partial charge is 0.461 e. The van der Waals surface area contributed by atoms with Crippen molar-refractivity contribution in [3.05, 3.63) is 112 Å². The lowest BCUT2D eigenvalue weighted by atomic mass is 10.1. The van der Waals surface area contributed by atoms with Crippen LogP contribution in [0.15, 0.2) is 89.3 Å². The van der Waals surface area contributed by atoms with Gasteiger partial charge in [-0.05, 0) is 73.7 Å². The standard InChI is InChI=1S/C27H18Cl2FN3O2/c1-16-23(14-25(35-16)18-4-8-20(29)9-5-18)27(34)31-26-15-24(17-2-6-19(28)7-3-17)32-33(26)22-12-10-21(30)11-13-22/h2-15H,1H3,(H,31,34). The van der Waals surface area contributed by atoms with Crippen molar-refractivity contribution in [2.75, 3.05) is 5.32 Å². The highest BCUT2D eigenvalue weighted by atomic mass is 35.5. The number of aromatic nitrogens is 2. The minimum Gasteiger partial charge on any atom is -0.461 e. The molecular formula is C27H18Cl2FN3O2. The molecule has 1 N–H and O–H groups in total. The van der Waals surface area contributed by atoms with Crippen LogP contribution in [0.2, 0.25) is 10.0 Å². The van der Waals surface area contributed by atoms with E-state index in [-0.39, 0.29) is 11.7 Å². The van der Waals surface area contributed by atoms with Crippen molar-refractivity contribution in [2.24, 2.45) is 0 Å². The van der Waals surface area contributed by atoms with E-state index in [1.165, 1.54) is 12.1 Å². The van der Waals surface area contributed by atoms with E-state index in [2.05, 4.69) is 10.4 Å². The first-order valence-electron chi connectivity index (χ1n) is 10.7. The Morgan fingerprint density at radius 3 is 2.11 bits per heavy atom. The molecule has 8 heteroatoms. The van der Waals surface area contributed by atoms with Crippen LogP contribution in [0, 0.1) is 12.7 Å². The van der Waals surface area contributed by atoms with Gasteiger partial charge >= 0.3 is 0 Å². The molecule has 3 aromatic carbocycles. The van der Waals surface area contributed by atoms with Gasteiger partial charge in [0.05, 0.1) is 16.9 Å². The predicted octanol–water partition coefficient (Wildman–Crippen LogP) is 7.81. The van der Waals surface area contributed by atoms with Crippen LogP contribution in [0.4, 0.5) is 10.2 Å². The number of anilines is 1. The van der Waals surface area contributed by atoms with Gasteiger partial charge in [0.2, 0.25) is 0 Å². The lowest BCUT2D eigenvalue weighted by Gasteiger charge is -2.08. The zero-order chi connectivity index (χ0) is 24.5. The van der Waals surface area contributed by atoms with Gasteiger partial charge in [-0.2, -0.15) is 5.10 Å². The van der Waals surface area contributed by atoms with Gasteiger partial charge < -0.3 is 9.73 Å². The van der Waals surface area contributed by atoms with Gasteiger partial charge in [0, 0.05) is 27.2 Å². The molecule has 1 amide bonds. The summed E-state index contributed by atoms with van der Waals surface area (Å²) in [5, 5.41) is 8.77. The Morgan fingerprint density at radius 1 is 0.886 bits per heavy atom. The molecule has 5 rings (SSSR count). The summed E-state index contributed by atoms with van der Waals surface area (Å²) in [7, 11) is 0. The third kappa shape index (κ3) is 4.85. The summed E-state index contributed by atoms with van der Waals surface area (Å²) in [6.07, 6.45) is 0. The quantitative estimate of drug-likeness (QED) is 0.265. The molecule has 0 saturated carbocycles. The Balaban J connectivity index is 1.50. The number of furan rings is 1. The van der Waals surface area contributed by atoms with Gasteiger partial charge in [-0.3, -0.25) is 4.79 Å². The minimum atomic E-state index is -0.367. The molecule has 0 unspecified atom stereocenters. The summed E-state index contributed by atoms with van der Waals surface area (Å²) >= 11 is 12.0. The summed E-state index contributed by atoms with van der Waals surface area (Å²) < 4.78 is 20.9. The van der Waals surface area contributed by atoms with Crippen LogP contribution in [0.5, 0.6) is 0 Å². The number of hydrogen-bond acceptors (Lipinski definition) is 3. The molecule has 0 atom stereocenters. The third-order valence-electron chi connectivity index (χ3n) is 5.45. The van der Waals surface area contributed by atoms with Crippen LogP contribution in [-0.2, 0) is 0 Å². The fourth-order valence-electron chi connectivity index (χ4n) is 3.66. The molecule has 0 aliphatic heterocycles. The minimum absolute atomic E-state index is 0.364. The van der Waals surface area contributed by atoms with E-state index in [9.17, 15) is 9.18 Å². The lowest BCUT2D eigenvalue weighted by molar-refractivity contribution is 0.102. The molecule has 0 aliphatic carbocycles. The lowest BCUT2D eigenvalue weighted by Crippen LogP contribution is -2.15. The highest BCUT2D eigenvalue weighted by molar-refractivity contribution is 6.30. The Labute approximate surface area is 210 Å². The van der Waals surface area contributed by atoms with Crippen LogP contribution >= 0.6 is 23.2 Å². The number of nitrogens with zero attached hydrogens (tertiary/aromatic N) is 2. The molecule has 0 fully saturated rings. The predicted molar refractivity (Wildman–Crippen MR) is 136 cm³/mol. The monoisotopic (exact) mass is 505 g/mol. The van der Waals surface area contributed by atoms with Crippen molar-refractivity contribution in [1.29, 1.82) is 0 Å². The van der Waals surface area contributed by atoms with Crippen molar-refractivity contribution in [2.45, 2.75) is 6.92 Å². The molecule has 0 radical (unpaired) electrons. The number of halogens is 3. The van der Waals surface area contributed by atoms with Crippen LogP contribution in [0.3, 0.4) is 0 Å². The summed E-state index contributed by atoms with van der Waals surface area (Å²) in [6, 6.07) is 23.7. The summed E-state index contributed by atoms with van der Waals surface area (Å²) in [6.45, 7) is 1.73. The maximum absolute atomic E-state index is 13.5. The smallest absolute Gasteiger partial charge is 0.260 e. The molecule has 174 valence electrons. The van der Waals surface area contributed by atoms with Crippen molar-refractivity contribution < 1.29 is 13.6 Å². The Hall–Kier alpha value is -3.87. The molecule has 35 heavy (non-hydrogen) atoms. The molecule has 5 aromatic rings. The molecule has 2 heterocycles. The van der Waals surface area contributed by atoms with Crippen LogP contribution in [0.1, 0.15) is 16.1 Å². The summed E-state index contributed by atoms with van der Waals surface area (Å²) in [5.74, 6) is 0.710. The zero-order valence-electron chi connectivity index (χ0n) is 18.4. The van der Waals surface area contributed by atoms with E-state index >= 15 is 0 Å². The highest BCUT2D eigenvalue weighted by Gasteiger charge is 2.19. The van der Waals surface area contributed by atoms with E-state index in [0.717, 1.165) is 11.1 Å². The number of hydrogen-bond donors (Lipinski definition) is 1. The van der Waals surface area contributed by atoms with Gasteiger partial charge in [0.1, 0.15) is 23.2 Å². The van der Waals surface area contributed by atoms with E-state index < -0.39 is 0 Å². The van der Waals surface area contributed by atoms with Crippen LogP contribution < -0.4 is 5.32 Å². The molecule has 0 bridgehead atoms. The van der Waals surface area contributed by atoms with Crippen LogP contribution in [-0.4, -0.2) is 15.7 Å². The maximum Gasteiger partial charge on any atom is 0.260 e. The first-order valence-corrected chi connectivity index (χ1v) is 11.4. The number of nitrogens with one attached hydrogen (secondary N) is 1. The van der Waals surface area contributed by atoms with Gasteiger partial charge in [-0.15, -0.1) is 0 Å². The van der Waals surface area contributed by atoms with Gasteiger partial charge in [-0.1, -0.05) is 35.3 Å². The molecule has 5 nitrogen and oxygen atoms in total. The van der Waals surface area contributed by atoms with E-state index in [0.29, 0.717) is 44.3 Å². The van der Waals surface area contributed by atoms with Crippen molar-refractivity contribution in [1.82, 2.24) is 9.78 Å². The third-order valence-corrected chi connectivity index (χ3v) is 5.96. The van der Waals surface area contributed by atoms with Gasteiger partial charge in [0.25, 0.3) is 5.91 Å². The zero-order valence-corrected chi connectivity index (χ0v) is 19.9. The first-order chi connectivity index (χ1) is 16.9. The van der Waals surface area contributed by atoms with Crippen molar-refractivity contribution in [3.8, 4) is 28.3 Å². The average Bonchev–Trinajstić information content (AvgIpc) is 3.44. The highest BCUT2D eigenvalue weighted by Crippen LogP contribution is 2.29. The molecule has 0 spiro atoms. The van der Waals surface area contributed by atoms with E-state index in [1.807, 2.05) is 24.3 Å². The maximum atomic E-state index is 13.5. The van der Waals surface area contributed by atoms with Gasteiger partial charge in [0.15, 0.2) is 0 Å². The number of amides is 1. The number of rotatable bonds is 5. The Bertz CT molecular complexity index is 1510. The number of carbonyl (C=O) groups excluding carboxylic acids is 1. The number of aryl methyl sites for hydroxylation is 1.